The SMILES string of the molecule is CC(=O)c1cccc(S(=O)(=O)NC(C)C(=O)NC(C)C)c1. The second-order valence-electron chi connectivity index (χ2n) is 5.09. The highest BCUT2D eigenvalue weighted by Crippen LogP contribution is 2.12. The molecule has 1 unspecified atom stereocenters. The van der Waals surface area contributed by atoms with Crippen LogP contribution in [-0.2, 0) is 14.8 Å². The highest BCUT2D eigenvalue weighted by molar-refractivity contribution is 7.89. The van der Waals surface area contributed by atoms with Crippen LogP contribution in [0.1, 0.15) is 38.1 Å². The maximum atomic E-state index is 12.2. The normalized spacial score (nSPS) is 13.0. The Bertz CT molecular complexity index is 638. The third kappa shape index (κ3) is 4.95. The first-order valence-electron chi connectivity index (χ1n) is 6.57. The van der Waals surface area contributed by atoms with E-state index in [-0.39, 0.29) is 16.7 Å². The quantitative estimate of drug-likeness (QED) is 0.769. The smallest absolute Gasteiger partial charge is 0.241 e. The van der Waals surface area contributed by atoms with Crippen molar-refractivity contribution in [2.24, 2.45) is 0 Å². The summed E-state index contributed by atoms with van der Waals surface area (Å²) in [5.41, 5.74) is 0.303. The molecule has 1 atom stereocenters. The Labute approximate surface area is 125 Å². The average molecular weight is 312 g/mol. The first kappa shape index (κ1) is 17.3. The fourth-order valence-electron chi connectivity index (χ4n) is 1.65. The van der Waals surface area contributed by atoms with Crippen molar-refractivity contribution in [3.8, 4) is 0 Å². The number of carbonyl (C=O) groups is 2. The van der Waals surface area contributed by atoms with Crippen LogP contribution >= 0.6 is 0 Å². The maximum Gasteiger partial charge on any atom is 0.241 e. The third-order valence-electron chi connectivity index (χ3n) is 2.71. The molecule has 0 heterocycles. The summed E-state index contributed by atoms with van der Waals surface area (Å²) >= 11 is 0. The van der Waals surface area contributed by atoms with Crippen LogP contribution in [0, 0.1) is 0 Å². The Morgan fingerprint density at radius 2 is 1.76 bits per heavy atom. The van der Waals surface area contributed by atoms with Crippen LogP contribution in [0.5, 0.6) is 0 Å². The monoisotopic (exact) mass is 312 g/mol. The van der Waals surface area contributed by atoms with Gasteiger partial charge in [0.15, 0.2) is 5.78 Å². The van der Waals surface area contributed by atoms with E-state index in [0.29, 0.717) is 5.56 Å². The van der Waals surface area contributed by atoms with Crippen LogP contribution in [0.2, 0.25) is 0 Å². The van der Waals surface area contributed by atoms with Crippen LogP contribution in [-0.4, -0.2) is 32.2 Å². The minimum absolute atomic E-state index is 0.0422. The van der Waals surface area contributed by atoms with E-state index in [1.807, 2.05) is 0 Å². The molecular formula is C14H20N2O4S. The summed E-state index contributed by atoms with van der Waals surface area (Å²) in [7, 11) is -3.86. The standard InChI is InChI=1S/C14H20N2O4S/c1-9(2)15-14(18)10(3)16-21(19,20)13-7-5-6-12(8-13)11(4)17/h5-10,16H,1-4H3,(H,15,18). The minimum Gasteiger partial charge on any atom is -0.353 e. The van der Waals surface area contributed by atoms with Gasteiger partial charge in [-0.2, -0.15) is 4.72 Å². The van der Waals surface area contributed by atoms with Gasteiger partial charge in [0.1, 0.15) is 0 Å². The van der Waals surface area contributed by atoms with Crippen LogP contribution < -0.4 is 10.0 Å². The molecule has 0 bridgehead atoms. The number of benzene rings is 1. The average Bonchev–Trinajstić information content (AvgIpc) is 2.37. The number of carbonyl (C=O) groups excluding carboxylic acids is 2. The van der Waals surface area contributed by atoms with Crippen molar-refractivity contribution in [1.29, 1.82) is 0 Å². The molecule has 2 N–H and O–H groups in total. The topological polar surface area (TPSA) is 92.3 Å². The van der Waals surface area contributed by atoms with E-state index in [1.165, 1.54) is 38.1 Å². The second-order valence-corrected chi connectivity index (χ2v) is 6.80. The Hall–Kier alpha value is -1.73. The van der Waals surface area contributed by atoms with Crippen molar-refractivity contribution >= 4 is 21.7 Å². The Morgan fingerprint density at radius 1 is 1.14 bits per heavy atom. The second kappa shape index (κ2) is 6.82. The van der Waals surface area contributed by atoms with Gasteiger partial charge in [-0.05, 0) is 39.8 Å². The van der Waals surface area contributed by atoms with E-state index < -0.39 is 22.0 Å². The molecular weight excluding hydrogens is 292 g/mol. The number of hydrogen-bond acceptors (Lipinski definition) is 4. The molecule has 0 aliphatic carbocycles. The van der Waals surface area contributed by atoms with E-state index in [2.05, 4.69) is 10.0 Å². The van der Waals surface area contributed by atoms with Gasteiger partial charge in [0.05, 0.1) is 10.9 Å². The summed E-state index contributed by atoms with van der Waals surface area (Å²) in [5.74, 6) is -0.631. The molecule has 7 heteroatoms. The molecule has 0 saturated carbocycles. The van der Waals surface area contributed by atoms with Gasteiger partial charge >= 0.3 is 0 Å². The first-order chi connectivity index (χ1) is 9.63. The molecule has 1 aromatic carbocycles. The molecule has 0 aliphatic heterocycles. The third-order valence-corrected chi connectivity index (χ3v) is 4.25. The highest BCUT2D eigenvalue weighted by atomic mass is 32.2. The van der Waals surface area contributed by atoms with E-state index in [1.54, 1.807) is 13.8 Å². The largest absolute Gasteiger partial charge is 0.353 e. The predicted molar refractivity (Wildman–Crippen MR) is 79.5 cm³/mol. The van der Waals surface area contributed by atoms with Crippen molar-refractivity contribution in [2.75, 3.05) is 0 Å². The summed E-state index contributed by atoms with van der Waals surface area (Å²) in [4.78, 5) is 23.0. The van der Waals surface area contributed by atoms with Gasteiger partial charge in [-0.1, -0.05) is 12.1 Å². The van der Waals surface area contributed by atoms with Crippen molar-refractivity contribution < 1.29 is 18.0 Å². The first-order valence-corrected chi connectivity index (χ1v) is 8.05. The van der Waals surface area contributed by atoms with E-state index >= 15 is 0 Å². The molecule has 0 saturated heterocycles. The van der Waals surface area contributed by atoms with Crippen molar-refractivity contribution in [3.63, 3.8) is 0 Å². The molecule has 1 aromatic rings. The molecule has 1 rings (SSSR count). The van der Waals surface area contributed by atoms with Gasteiger partial charge in [0, 0.05) is 11.6 Å². The summed E-state index contributed by atoms with van der Waals surface area (Å²) in [6.07, 6.45) is 0. The zero-order chi connectivity index (χ0) is 16.2. The van der Waals surface area contributed by atoms with E-state index in [4.69, 9.17) is 0 Å². The van der Waals surface area contributed by atoms with Crippen molar-refractivity contribution in [1.82, 2.24) is 10.0 Å². The van der Waals surface area contributed by atoms with Crippen LogP contribution in [0.4, 0.5) is 0 Å². The zero-order valence-electron chi connectivity index (χ0n) is 12.5. The van der Waals surface area contributed by atoms with Crippen LogP contribution in [0.25, 0.3) is 0 Å². The van der Waals surface area contributed by atoms with Gasteiger partial charge in [-0.3, -0.25) is 9.59 Å². The highest BCUT2D eigenvalue weighted by Gasteiger charge is 2.22. The summed E-state index contributed by atoms with van der Waals surface area (Å²) < 4.78 is 26.7. The zero-order valence-corrected chi connectivity index (χ0v) is 13.3. The summed E-state index contributed by atoms with van der Waals surface area (Å²) in [5, 5.41) is 2.63. The molecule has 1 amide bonds. The fourth-order valence-corrected chi connectivity index (χ4v) is 2.89. The Balaban J connectivity index is 2.94. The lowest BCUT2D eigenvalue weighted by Crippen LogP contribution is -2.46. The molecule has 116 valence electrons. The number of rotatable bonds is 6. The number of sulfonamides is 1. The van der Waals surface area contributed by atoms with Crippen LogP contribution in [0.15, 0.2) is 29.2 Å². The van der Waals surface area contributed by atoms with E-state index in [0.717, 1.165) is 0 Å². The molecule has 0 spiro atoms. The fraction of sp³-hybridized carbons (Fsp3) is 0.429. The maximum absolute atomic E-state index is 12.2. The molecule has 0 fully saturated rings. The molecule has 0 radical (unpaired) electrons. The summed E-state index contributed by atoms with van der Waals surface area (Å²) in [6, 6.07) is 4.71. The summed E-state index contributed by atoms with van der Waals surface area (Å²) in [6.45, 7) is 6.40. The number of nitrogens with one attached hydrogen (secondary N) is 2. The van der Waals surface area contributed by atoms with Crippen LogP contribution in [0.3, 0.4) is 0 Å². The number of Topliss-reactive ketones (excluding diaryl/α,β-unsaturated/α-hetero) is 1. The lowest BCUT2D eigenvalue weighted by atomic mass is 10.2. The molecule has 0 aromatic heterocycles. The predicted octanol–water partition coefficient (Wildman–Crippen LogP) is 1.08. The Morgan fingerprint density at radius 3 is 2.29 bits per heavy atom. The minimum atomic E-state index is -3.86. The number of amides is 1. The molecule has 21 heavy (non-hydrogen) atoms. The Kier molecular flexibility index (Phi) is 5.62. The van der Waals surface area contributed by atoms with E-state index in [9.17, 15) is 18.0 Å². The lowest BCUT2D eigenvalue weighted by molar-refractivity contribution is -0.122. The lowest BCUT2D eigenvalue weighted by Gasteiger charge is -2.16. The number of hydrogen-bond donors (Lipinski definition) is 2. The van der Waals surface area contributed by atoms with Gasteiger partial charge in [0.25, 0.3) is 0 Å². The number of ketones is 1. The van der Waals surface area contributed by atoms with Gasteiger partial charge < -0.3 is 5.32 Å². The molecule has 6 nitrogen and oxygen atoms in total. The van der Waals surface area contributed by atoms with Gasteiger partial charge in [0.2, 0.25) is 15.9 Å². The van der Waals surface area contributed by atoms with Gasteiger partial charge in [-0.15, -0.1) is 0 Å². The van der Waals surface area contributed by atoms with Gasteiger partial charge in [-0.25, -0.2) is 8.42 Å². The van der Waals surface area contributed by atoms with Crippen molar-refractivity contribution in [2.45, 2.75) is 44.7 Å². The van der Waals surface area contributed by atoms with Crippen molar-refractivity contribution in [3.05, 3.63) is 29.8 Å². The molecule has 0 aliphatic rings.